The topological polar surface area (TPSA) is 77.8 Å². The smallest absolute Gasteiger partial charge is 0.178 e. The molecule has 0 atom stereocenters. The molecule has 2 aromatic rings. The van der Waals surface area contributed by atoms with Gasteiger partial charge in [0.25, 0.3) is 0 Å². The van der Waals surface area contributed by atoms with Crippen LogP contribution in [0.1, 0.15) is 11.1 Å². The monoisotopic (exact) mass is 282 g/mol. The van der Waals surface area contributed by atoms with Gasteiger partial charge in [0.2, 0.25) is 0 Å². The van der Waals surface area contributed by atoms with Crippen LogP contribution in [-0.2, 0) is 4.79 Å². The molecule has 0 aliphatic heterocycles. The Bertz CT molecular complexity index is 714. The second-order valence-electron chi connectivity index (χ2n) is 4.41. The molecule has 3 N–H and O–H groups in total. The number of hydrogen-bond acceptors (Lipinski definition) is 4. The number of carbonyl (C=O) groups is 1. The SMILES string of the molecule is O=C(/C=C/c1cccc(O)c1)/C=C/c1ccc(O)c(O)c1. The van der Waals surface area contributed by atoms with Crippen molar-refractivity contribution in [1.82, 2.24) is 0 Å². The van der Waals surface area contributed by atoms with Gasteiger partial charge >= 0.3 is 0 Å². The van der Waals surface area contributed by atoms with Gasteiger partial charge in [0.15, 0.2) is 17.3 Å². The van der Waals surface area contributed by atoms with E-state index in [9.17, 15) is 20.1 Å². The van der Waals surface area contributed by atoms with Gasteiger partial charge in [-0.2, -0.15) is 0 Å². The third-order valence-electron chi connectivity index (χ3n) is 2.75. The molecule has 0 spiro atoms. The Morgan fingerprint density at radius 3 is 2.10 bits per heavy atom. The molecule has 0 radical (unpaired) electrons. The molecule has 0 aromatic heterocycles. The van der Waals surface area contributed by atoms with E-state index in [1.165, 1.54) is 30.4 Å². The van der Waals surface area contributed by atoms with Crippen molar-refractivity contribution in [2.75, 3.05) is 0 Å². The number of carbonyl (C=O) groups excluding carboxylic acids is 1. The maximum atomic E-state index is 11.7. The van der Waals surface area contributed by atoms with Crippen LogP contribution < -0.4 is 0 Å². The van der Waals surface area contributed by atoms with Crippen LogP contribution in [0.25, 0.3) is 12.2 Å². The highest BCUT2D eigenvalue weighted by molar-refractivity contribution is 6.04. The van der Waals surface area contributed by atoms with Gasteiger partial charge in [0, 0.05) is 0 Å². The van der Waals surface area contributed by atoms with Crippen LogP contribution in [0.3, 0.4) is 0 Å². The molecule has 2 rings (SSSR count). The summed E-state index contributed by atoms with van der Waals surface area (Å²) in [5.41, 5.74) is 1.32. The molecule has 0 heterocycles. The van der Waals surface area contributed by atoms with Gasteiger partial charge in [-0.15, -0.1) is 0 Å². The fourth-order valence-electron chi connectivity index (χ4n) is 1.68. The Morgan fingerprint density at radius 2 is 1.48 bits per heavy atom. The Kier molecular flexibility index (Phi) is 4.41. The fraction of sp³-hybridized carbons (Fsp3) is 0. The van der Waals surface area contributed by atoms with Crippen LogP contribution in [0, 0.1) is 0 Å². The lowest BCUT2D eigenvalue weighted by Gasteiger charge is -1.98. The predicted molar refractivity (Wildman–Crippen MR) is 81.0 cm³/mol. The molecule has 21 heavy (non-hydrogen) atoms. The summed E-state index contributed by atoms with van der Waals surface area (Å²) >= 11 is 0. The summed E-state index contributed by atoms with van der Waals surface area (Å²) in [5.74, 6) is -0.534. The van der Waals surface area contributed by atoms with Crippen molar-refractivity contribution in [3.8, 4) is 17.2 Å². The third kappa shape index (κ3) is 4.24. The van der Waals surface area contributed by atoms with Crippen LogP contribution in [0.5, 0.6) is 17.2 Å². The molecule has 2 aromatic carbocycles. The van der Waals surface area contributed by atoms with Crippen molar-refractivity contribution in [3.63, 3.8) is 0 Å². The van der Waals surface area contributed by atoms with Crippen LogP contribution in [-0.4, -0.2) is 21.1 Å². The molecule has 0 unspecified atom stereocenters. The van der Waals surface area contributed by atoms with E-state index in [1.807, 2.05) is 0 Å². The van der Waals surface area contributed by atoms with Crippen molar-refractivity contribution in [1.29, 1.82) is 0 Å². The third-order valence-corrected chi connectivity index (χ3v) is 2.75. The van der Waals surface area contributed by atoms with E-state index in [-0.39, 0.29) is 23.0 Å². The lowest BCUT2D eigenvalue weighted by atomic mass is 10.1. The zero-order chi connectivity index (χ0) is 15.2. The Hall–Kier alpha value is -3.01. The summed E-state index contributed by atoms with van der Waals surface area (Å²) in [6, 6.07) is 10.8. The predicted octanol–water partition coefficient (Wildman–Crippen LogP) is 3.10. The van der Waals surface area contributed by atoms with Gasteiger partial charge in [-0.25, -0.2) is 0 Å². The van der Waals surface area contributed by atoms with Gasteiger partial charge in [0.1, 0.15) is 5.75 Å². The van der Waals surface area contributed by atoms with Gasteiger partial charge < -0.3 is 15.3 Å². The van der Waals surface area contributed by atoms with Gasteiger partial charge in [0.05, 0.1) is 0 Å². The standard InChI is InChI=1S/C17H14O4/c18-14(7-4-12-2-1-3-15(19)10-12)8-5-13-6-9-16(20)17(21)11-13/h1-11,19-21H/b7-4+,8-5+. The number of ketones is 1. The minimum Gasteiger partial charge on any atom is -0.508 e. The summed E-state index contributed by atoms with van der Waals surface area (Å²) in [6.45, 7) is 0. The lowest BCUT2D eigenvalue weighted by Crippen LogP contribution is -1.85. The van der Waals surface area contributed by atoms with Crippen LogP contribution >= 0.6 is 0 Å². The second-order valence-corrected chi connectivity index (χ2v) is 4.41. The summed E-state index contributed by atoms with van der Waals surface area (Å²) in [6.07, 6.45) is 5.87. The first-order chi connectivity index (χ1) is 10.0. The van der Waals surface area contributed by atoms with Crippen LogP contribution in [0.2, 0.25) is 0 Å². The molecule has 0 aliphatic rings. The number of phenolic OH excluding ortho intramolecular Hbond substituents is 3. The van der Waals surface area contributed by atoms with Crippen molar-refractivity contribution in [3.05, 3.63) is 65.7 Å². The first kappa shape index (κ1) is 14.4. The molecule has 0 bridgehead atoms. The Labute approximate surface area is 121 Å². The number of rotatable bonds is 4. The van der Waals surface area contributed by atoms with Crippen molar-refractivity contribution < 1.29 is 20.1 Å². The quantitative estimate of drug-likeness (QED) is 0.595. The van der Waals surface area contributed by atoms with E-state index < -0.39 is 0 Å². The van der Waals surface area contributed by atoms with E-state index in [4.69, 9.17) is 0 Å². The van der Waals surface area contributed by atoms with E-state index in [1.54, 1.807) is 36.4 Å². The van der Waals surface area contributed by atoms with Gasteiger partial charge in [-0.05, 0) is 47.5 Å². The Balaban J connectivity index is 2.04. The number of phenols is 3. The minimum atomic E-state index is -0.236. The zero-order valence-electron chi connectivity index (χ0n) is 11.1. The molecule has 4 heteroatoms. The summed E-state index contributed by atoms with van der Waals surface area (Å²) in [5, 5.41) is 27.8. The lowest BCUT2D eigenvalue weighted by molar-refractivity contribution is -0.110. The number of allylic oxidation sites excluding steroid dienone is 2. The summed E-state index contributed by atoms with van der Waals surface area (Å²) < 4.78 is 0. The van der Waals surface area contributed by atoms with E-state index in [0.717, 1.165) is 5.56 Å². The number of benzene rings is 2. The van der Waals surface area contributed by atoms with Crippen LogP contribution in [0.15, 0.2) is 54.6 Å². The van der Waals surface area contributed by atoms with Gasteiger partial charge in [-0.1, -0.05) is 30.4 Å². The zero-order valence-corrected chi connectivity index (χ0v) is 11.1. The molecule has 106 valence electrons. The van der Waals surface area contributed by atoms with E-state index >= 15 is 0 Å². The molecule has 0 amide bonds. The largest absolute Gasteiger partial charge is 0.508 e. The highest BCUT2D eigenvalue weighted by atomic mass is 16.3. The normalized spacial score (nSPS) is 11.2. The van der Waals surface area contributed by atoms with Gasteiger partial charge in [-0.3, -0.25) is 4.79 Å². The molecule has 0 aliphatic carbocycles. The number of aromatic hydroxyl groups is 3. The first-order valence-corrected chi connectivity index (χ1v) is 6.26. The highest BCUT2D eigenvalue weighted by Gasteiger charge is 1.98. The van der Waals surface area contributed by atoms with Crippen molar-refractivity contribution in [2.24, 2.45) is 0 Å². The minimum absolute atomic E-state index is 0.139. The average Bonchev–Trinajstić information content (AvgIpc) is 2.46. The Morgan fingerprint density at radius 1 is 0.810 bits per heavy atom. The first-order valence-electron chi connectivity index (χ1n) is 6.26. The fourth-order valence-corrected chi connectivity index (χ4v) is 1.68. The molecule has 0 saturated heterocycles. The molecular weight excluding hydrogens is 268 g/mol. The molecular formula is C17H14O4. The second kappa shape index (κ2) is 6.43. The maximum Gasteiger partial charge on any atom is 0.178 e. The van der Waals surface area contributed by atoms with Crippen LogP contribution in [0.4, 0.5) is 0 Å². The molecule has 0 fully saturated rings. The van der Waals surface area contributed by atoms with E-state index in [2.05, 4.69) is 0 Å². The number of hydrogen-bond donors (Lipinski definition) is 3. The van der Waals surface area contributed by atoms with E-state index in [0.29, 0.717) is 5.56 Å². The average molecular weight is 282 g/mol. The summed E-state index contributed by atoms with van der Waals surface area (Å²) in [7, 11) is 0. The highest BCUT2D eigenvalue weighted by Crippen LogP contribution is 2.25. The van der Waals surface area contributed by atoms with Crippen molar-refractivity contribution >= 4 is 17.9 Å². The maximum absolute atomic E-state index is 11.7. The van der Waals surface area contributed by atoms with Crippen molar-refractivity contribution in [2.45, 2.75) is 0 Å². The molecule has 0 saturated carbocycles. The summed E-state index contributed by atoms with van der Waals surface area (Å²) in [4.78, 5) is 11.7. The molecule has 4 nitrogen and oxygen atoms in total.